The van der Waals surface area contributed by atoms with Gasteiger partial charge in [-0.05, 0) is 59.2 Å². The van der Waals surface area contributed by atoms with E-state index in [4.69, 9.17) is 9.97 Å². The fourth-order valence-electron chi connectivity index (χ4n) is 4.13. The van der Waals surface area contributed by atoms with Crippen molar-refractivity contribution in [3.63, 3.8) is 0 Å². The number of rotatable bonds is 5. The summed E-state index contributed by atoms with van der Waals surface area (Å²) in [7, 11) is 1.97. The summed E-state index contributed by atoms with van der Waals surface area (Å²) in [4.78, 5) is 18.3. The van der Waals surface area contributed by atoms with E-state index in [2.05, 4.69) is 85.4 Å². The van der Waals surface area contributed by atoms with Gasteiger partial charge in [-0.15, -0.1) is 0 Å². The maximum atomic E-state index is 4.95. The molecular formula is C29H30N6. The van der Waals surface area contributed by atoms with Gasteiger partial charge >= 0.3 is 0 Å². The van der Waals surface area contributed by atoms with E-state index in [9.17, 15) is 0 Å². The van der Waals surface area contributed by atoms with Crippen molar-refractivity contribution in [3.05, 3.63) is 95.6 Å². The Balaban J connectivity index is 1.51. The van der Waals surface area contributed by atoms with Crippen LogP contribution in [0.4, 0.5) is 11.5 Å². The molecule has 0 aliphatic rings. The summed E-state index contributed by atoms with van der Waals surface area (Å²) in [6.07, 6.45) is 6.30. The minimum absolute atomic E-state index is 0.0564. The molecule has 0 aliphatic heterocycles. The quantitative estimate of drug-likeness (QED) is 0.329. The molecular weight excluding hydrogens is 432 g/mol. The van der Waals surface area contributed by atoms with Gasteiger partial charge in [0.1, 0.15) is 5.52 Å². The molecule has 5 rings (SSSR count). The van der Waals surface area contributed by atoms with Crippen LogP contribution in [-0.4, -0.2) is 24.5 Å². The highest BCUT2D eigenvalue weighted by atomic mass is 15.1. The molecule has 5 aromatic rings. The van der Waals surface area contributed by atoms with Crippen LogP contribution in [0, 0.1) is 6.92 Å². The third-order valence-corrected chi connectivity index (χ3v) is 6.30. The summed E-state index contributed by atoms with van der Waals surface area (Å²) in [5, 5.41) is 3.59. The normalized spacial score (nSPS) is 11.7. The Morgan fingerprint density at radius 3 is 2.31 bits per heavy atom. The molecule has 1 N–H and O–H groups in total. The van der Waals surface area contributed by atoms with Crippen LogP contribution in [-0.2, 0) is 18.9 Å². The van der Waals surface area contributed by atoms with E-state index in [0.717, 1.165) is 34.6 Å². The molecule has 3 heterocycles. The van der Waals surface area contributed by atoms with Crippen molar-refractivity contribution in [2.45, 2.75) is 39.5 Å². The van der Waals surface area contributed by atoms with Gasteiger partial charge in [0.05, 0.1) is 6.33 Å². The number of aryl methyl sites for hydroxylation is 2. The number of nitrogens with zero attached hydrogens (tertiary/aromatic N) is 5. The zero-order chi connectivity index (χ0) is 24.6. The van der Waals surface area contributed by atoms with Gasteiger partial charge in [-0.1, -0.05) is 57.2 Å². The highest BCUT2D eigenvalue weighted by Gasteiger charge is 2.18. The van der Waals surface area contributed by atoms with Crippen LogP contribution in [0.5, 0.6) is 0 Å². The molecule has 35 heavy (non-hydrogen) atoms. The standard InChI is InChI=1S/C29H30N6/c1-19-6-11-23(29(2,3)4)17-24(19)32-28-25-27(31-18-35(25)5)33-26(34-28)22-9-7-20(8-10-22)16-21-12-14-30-15-13-21/h6-15,17-18H,16H2,1-5H3,(H,32,33,34). The molecule has 3 aromatic heterocycles. The molecule has 6 heteroatoms. The van der Waals surface area contributed by atoms with Crippen LogP contribution in [0.25, 0.3) is 22.6 Å². The SMILES string of the molecule is Cc1ccc(C(C)(C)C)cc1Nc1nc(-c2ccc(Cc3ccncc3)cc2)nc2ncn(C)c12. The van der Waals surface area contributed by atoms with Gasteiger partial charge < -0.3 is 9.88 Å². The predicted octanol–water partition coefficient (Wildman–Crippen LogP) is 6.37. The smallest absolute Gasteiger partial charge is 0.183 e. The zero-order valence-corrected chi connectivity index (χ0v) is 20.9. The van der Waals surface area contributed by atoms with Gasteiger partial charge in [0.15, 0.2) is 17.3 Å². The first-order chi connectivity index (χ1) is 16.8. The topological polar surface area (TPSA) is 68.5 Å². The van der Waals surface area contributed by atoms with E-state index < -0.39 is 0 Å². The average molecular weight is 463 g/mol. The van der Waals surface area contributed by atoms with E-state index >= 15 is 0 Å². The first-order valence-corrected chi connectivity index (χ1v) is 11.8. The largest absolute Gasteiger partial charge is 0.338 e. The second-order valence-corrected chi connectivity index (χ2v) is 10.1. The number of hydrogen-bond acceptors (Lipinski definition) is 5. The first-order valence-electron chi connectivity index (χ1n) is 11.8. The average Bonchev–Trinajstić information content (AvgIpc) is 3.22. The highest BCUT2D eigenvalue weighted by Crippen LogP contribution is 2.31. The van der Waals surface area contributed by atoms with Crippen molar-refractivity contribution >= 4 is 22.7 Å². The molecule has 0 unspecified atom stereocenters. The molecule has 0 atom stereocenters. The maximum absolute atomic E-state index is 4.95. The van der Waals surface area contributed by atoms with Crippen LogP contribution in [0.15, 0.2) is 73.3 Å². The summed E-state index contributed by atoms with van der Waals surface area (Å²) in [5.41, 5.74) is 8.50. The molecule has 176 valence electrons. The number of imidazole rings is 1. The third kappa shape index (κ3) is 4.78. The second-order valence-electron chi connectivity index (χ2n) is 10.1. The summed E-state index contributed by atoms with van der Waals surface area (Å²) in [6.45, 7) is 8.78. The van der Waals surface area contributed by atoms with Crippen molar-refractivity contribution in [1.29, 1.82) is 0 Å². The lowest BCUT2D eigenvalue weighted by Gasteiger charge is -2.21. The molecule has 0 saturated heterocycles. The van der Waals surface area contributed by atoms with Crippen LogP contribution >= 0.6 is 0 Å². The number of pyridine rings is 1. The molecule has 0 spiro atoms. The molecule has 0 fully saturated rings. The first kappa shape index (κ1) is 22.7. The van der Waals surface area contributed by atoms with Crippen molar-refractivity contribution in [2.75, 3.05) is 5.32 Å². The van der Waals surface area contributed by atoms with Crippen molar-refractivity contribution in [2.24, 2.45) is 7.05 Å². The van der Waals surface area contributed by atoms with Crippen LogP contribution < -0.4 is 5.32 Å². The van der Waals surface area contributed by atoms with Crippen molar-refractivity contribution in [1.82, 2.24) is 24.5 Å². The number of nitrogens with one attached hydrogen (secondary N) is 1. The molecule has 2 aromatic carbocycles. The van der Waals surface area contributed by atoms with Gasteiger partial charge in [-0.3, -0.25) is 4.98 Å². The van der Waals surface area contributed by atoms with Crippen LogP contribution in [0.1, 0.15) is 43.0 Å². The van der Waals surface area contributed by atoms with Crippen LogP contribution in [0.2, 0.25) is 0 Å². The Morgan fingerprint density at radius 1 is 0.886 bits per heavy atom. The fourth-order valence-corrected chi connectivity index (χ4v) is 4.13. The Bertz CT molecular complexity index is 1480. The Morgan fingerprint density at radius 2 is 1.60 bits per heavy atom. The Labute approximate surface area is 206 Å². The lowest BCUT2D eigenvalue weighted by atomic mass is 9.86. The molecule has 0 bridgehead atoms. The number of benzene rings is 2. The molecule has 0 aliphatic carbocycles. The minimum atomic E-state index is 0.0564. The van der Waals surface area contributed by atoms with E-state index in [1.165, 1.54) is 16.7 Å². The van der Waals surface area contributed by atoms with Gasteiger partial charge in [-0.2, -0.15) is 0 Å². The number of aromatic nitrogens is 5. The lowest BCUT2D eigenvalue weighted by molar-refractivity contribution is 0.590. The van der Waals surface area contributed by atoms with E-state index in [1.54, 1.807) is 6.33 Å². The van der Waals surface area contributed by atoms with Gasteiger partial charge in [0, 0.05) is 30.7 Å². The predicted molar refractivity (Wildman–Crippen MR) is 142 cm³/mol. The van der Waals surface area contributed by atoms with Crippen LogP contribution in [0.3, 0.4) is 0 Å². The van der Waals surface area contributed by atoms with Crippen molar-refractivity contribution < 1.29 is 0 Å². The Kier molecular flexibility index (Phi) is 5.81. The monoisotopic (exact) mass is 462 g/mol. The summed E-state index contributed by atoms with van der Waals surface area (Å²) < 4.78 is 1.96. The minimum Gasteiger partial charge on any atom is -0.338 e. The molecule has 6 nitrogen and oxygen atoms in total. The molecule has 0 amide bonds. The fraction of sp³-hybridized carbons (Fsp3) is 0.241. The number of hydrogen-bond donors (Lipinski definition) is 1. The van der Waals surface area contributed by atoms with E-state index in [1.807, 2.05) is 36.1 Å². The summed E-state index contributed by atoms with van der Waals surface area (Å²) in [6, 6.07) is 19.1. The number of fused-ring (bicyclic) bond motifs is 1. The second kappa shape index (κ2) is 8.95. The van der Waals surface area contributed by atoms with Gasteiger partial charge in [-0.25, -0.2) is 15.0 Å². The molecule has 0 radical (unpaired) electrons. The Hall–Kier alpha value is -4.06. The van der Waals surface area contributed by atoms with E-state index in [0.29, 0.717) is 11.5 Å². The number of anilines is 2. The molecule has 0 saturated carbocycles. The highest BCUT2D eigenvalue weighted by molar-refractivity contribution is 5.88. The summed E-state index contributed by atoms with van der Waals surface area (Å²) in [5.74, 6) is 1.40. The van der Waals surface area contributed by atoms with Gasteiger partial charge in [0.25, 0.3) is 0 Å². The van der Waals surface area contributed by atoms with Crippen molar-refractivity contribution in [3.8, 4) is 11.4 Å². The third-order valence-electron chi connectivity index (χ3n) is 6.30. The lowest BCUT2D eigenvalue weighted by Crippen LogP contribution is -2.12. The summed E-state index contributed by atoms with van der Waals surface area (Å²) >= 11 is 0. The van der Waals surface area contributed by atoms with Gasteiger partial charge in [0.2, 0.25) is 0 Å². The van der Waals surface area contributed by atoms with E-state index in [-0.39, 0.29) is 5.41 Å². The zero-order valence-electron chi connectivity index (χ0n) is 20.9. The maximum Gasteiger partial charge on any atom is 0.183 e.